The minimum atomic E-state index is -3.53. The van der Waals surface area contributed by atoms with Gasteiger partial charge in [0.25, 0.3) is 5.56 Å². The number of rotatable bonds is 8. The molecule has 0 unspecified atom stereocenters. The Bertz CT molecular complexity index is 1270. The Morgan fingerprint density at radius 1 is 1.09 bits per heavy atom. The summed E-state index contributed by atoms with van der Waals surface area (Å²) in [7, 11) is -1.79. The number of halogens is 1. The number of carbonyl (C=O) groups excluding carboxylic acids is 1. The van der Waals surface area contributed by atoms with Gasteiger partial charge in [-0.2, -0.15) is 0 Å². The van der Waals surface area contributed by atoms with Crippen LogP contribution in [0.25, 0.3) is 5.69 Å². The van der Waals surface area contributed by atoms with Crippen molar-refractivity contribution < 1.29 is 13.2 Å². The molecule has 1 amide bonds. The van der Waals surface area contributed by atoms with E-state index in [-0.39, 0.29) is 36.5 Å². The first kappa shape index (κ1) is 23.6. The van der Waals surface area contributed by atoms with Crippen molar-refractivity contribution in [2.75, 3.05) is 22.4 Å². The molecule has 170 valence electrons. The van der Waals surface area contributed by atoms with Gasteiger partial charge in [-0.25, -0.2) is 13.1 Å². The molecule has 0 aliphatic carbocycles. The van der Waals surface area contributed by atoms with Crippen LogP contribution in [0.3, 0.4) is 0 Å². The van der Waals surface area contributed by atoms with Crippen LogP contribution in [0.1, 0.15) is 18.5 Å². The van der Waals surface area contributed by atoms with Crippen molar-refractivity contribution in [3.8, 4) is 5.69 Å². The number of nitrogens with one attached hydrogen (secondary N) is 1. The molecule has 0 fully saturated rings. The van der Waals surface area contributed by atoms with Crippen LogP contribution in [-0.2, 0) is 21.9 Å². The SMILES string of the molecule is Cc1c(NC(=O)CCCN(c2ccc(Cl)cc2)S(C)(=O)=O)c(=O)n(-c2ccccc2)n1C. The molecule has 0 bridgehead atoms. The second-order valence-electron chi connectivity index (χ2n) is 7.40. The van der Waals surface area contributed by atoms with Crippen molar-refractivity contribution in [3.63, 3.8) is 0 Å². The van der Waals surface area contributed by atoms with E-state index in [0.717, 1.165) is 6.26 Å². The van der Waals surface area contributed by atoms with Gasteiger partial charge in [0.1, 0.15) is 5.69 Å². The van der Waals surface area contributed by atoms with Gasteiger partial charge in [0.2, 0.25) is 15.9 Å². The minimum Gasteiger partial charge on any atom is -0.320 e. The van der Waals surface area contributed by atoms with Gasteiger partial charge in [-0.15, -0.1) is 0 Å². The van der Waals surface area contributed by atoms with Crippen LogP contribution in [0.4, 0.5) is 11.4 Å². The lowest BCUT2D eigenvalue weighted by Crippen LogP contribution is -2.31. The fourth-order valence-corrected chi connectivity index (χ4v) is 4.48. The second kappa shape index (κ2) is 9.62. The molecule has 0 saturated carbocycles. The van der Waals surface area contributed by atoms with Crippen molar-refractivity contribution in [2.24, 2.45) is 7.05 Å². The van der Waals surface area contributed by atoms with E-state index in [1.807, 2.05) is 30.3 Å². The summed E-state index contributed by atoms with van der Waals surface area (Å²) in [4.78, 5) is 25.4. The number of amides is 1. The normalized spacial score (nSPS) is 11.4. The monoisotopic (exact) mass is 476 g/mol. The van der Waals surface area contributed by atoms with Gasteiger partial charge in [-0.1, -0.05) is 29.8 Å². The van der Waals surface area contributed by atoms with E-state index in [9.17, 15) is 18.0 Å². The molecule has 0 aliphatic heterocycles. The standard InChI is InChI=1S/C22H25ClN4O4S/c1-16-21(22(29)27(25(16)2)19-8-5-4-6-9-19)24-20(28)10-7-15-26(32(3,30)31)18-13-11-17(23)12-14-18/h4-6,8-9,11-14H,7,10,15H2,1-3H3,(H,24,28). The van der Waals surface area contributed by atoms with Gasteiger partial charge in [0.05, 0.1) is 23.3 Å². The van der Waals surface area contributed by atoms with Gasteiger partial charge < -0.3 is 5.32 Å². The van der Waals surface area contributed by atoms with Crippen molar-refractivity contribution in [3.05, 3.63) is 75.7 Å². The fourth-order valence-electron chi connectivity index (χ4n) is 3.39. The van der Waals surface area contributed by atoms with Crippen molar-refractivity contribution in [2.45, 2.75) is 19.8 Å². The average Bonchev–Trinajstić information content (AvgIpc) is 2.95. The summed E-state index contributed by atoms with van der Waals surface area (Å²) in [6.07, 6.45) is 1.44. The molecule has 0 radical (unpaired) electrons. The lowest BCUT2D eigenvalue weighted by atomic mass is 10.2. The predicted molar refractivity (Wildman–Crippen MR) is 127 cm³/mol. The van der Waals surface area contributed by atoms with Crippen LogP contribution in [0.5, 0.6) is 0 Å². The molecule has 1 aromatic heterocycles. The van der Waals surface area contributed by atoms with Crippen LogP contribution in [-0.4, -0.2) is 36.5 Å². The first-order chi connectivity index (χ1) is 15.1. The third-order valence-corrected chi connectivity index (χ3v) is 6.54. The lowest BCUT2D eigenvalue weighted by molar-refractivity contribution is -0.116. The minimum absolute atomic E-state index is 0.0543. The molecular weight excluding hydrogens is 452 g/mol. The summed E-state index contributed by atoms with van der Waals surface area (Å²) < 4.78 is 28.8. The van der Waals surface area contributed by atoms with E-state index in [1.165, 1.54) is 8.99 Å². The fraction of sp³-hybridized carbons (Fsp3) is 0.273. The van der Waals surface area contributed by atoms with Crippen LogP contribution in [0.2, 0.25) is 5.02 Å². The Labute approximate surface area is 192 Å². The summed E-state index contributed by atoms with van der Waals surface area (Å²) in [5, 5.41) is 3.19. The van der Waals surface area contributed by atoms with Crippen LogP contribution >= 0.6 is 11.6 Å². The largest absolute Gasteiger partial charge is 0.320 e. The van der Waals surface area contributed by atoms with Gasteiger partial charge >= 0.3 is 0 Å². The van der Waals surface area contributed by atoms with E-state index >= 15 is 0 Å². The van der Waals surface area contributed by atoms with Gasteiger partial charge in [0, 0.05) is 25.0 Å². The molecule has 0 spiro atoms. The van der Waals surface area contributed by atoms with Gasteiger partial charge in [-0.05, 0) is 49.7 Å². The lowest BCUT2D eigenvalue weighted by Gasteiger charge is -2.22. The van der Waals surface area contributed by atoms with Crippen LogP contribution < -0.4 is 15.2 Å². The number of para-hydroxylation sites is 1. The molecule has 32 heavy (non-hydrogen) atoms. The smallest absolute Gasteiger partial charge is 0.295 e. The summed E-state index contributed by atoms with van der Waals surface area (Å²) in [5.74, 6) is -0.361. The Morgan fingerprint density at radius 2 is 1.72 bits per heavy atom. The van der Waals surface area contributed by atoms with Crippen LogP contribution in [0.15, 0.2) is 59.4 Å². The van der Waals surface area contributed by atoms with E-state index in [2.05, 4.69) is 5.32 Å². The first-order valence-electron chi connectivity index (χ1n) is 9.96. The molecular formula is C22H25ClN4O4S. The highest BCUT2D eigenvalue weighted by Crippen LogP contribution is 2.21. The molecule has 0 atom stereocenters. The Hall–Kier alpha value is -3.04. The van der Waals surface area contributed by atoms with E-state index < -0.39 is 10.0 Å². The summed E-state index contributed by atoms with van der Waals surface area (Å²) in [5.41, 5.74) is 1.66. The third kappa shape index (κ3) is 5.23. The maximum Gasteiger partial charge on any atom is 0.295 e. The highest BCUT2D eigenvalue weighted by atomic mass is 35.5. The topological polar surface area (TPSA) is 93.4 Å². The highest BCUT2D eigenvalue weighted by molar-refractivity contribution is 7.92. The van der Waals surface area contributed by atoms with Crippen LogP contribution in [0, 0.1) is 6.92 Å². The predicted octanol–water partition coefficient (Wildman–Crippen LogP) is 3.32. The van der Waals surface area contributed by atoms with E-state index in [4.69, 9.17) is 11.6 Å². The van der Waals surface area contributed by atoms with Gasteiger partial charge in [0.15, 0.2) is 0 Å². The van der Waals surface area contributed by atoms with E-state index in [0.29, 0.717) is 22.1 Å². The average molecular weight is 477 g/mol. The molecule has 2 aromatic carbocycles. The molecule has 0 aliphatic rings. The number of hydrogen-bond donors (Lipinski definition) is 1. The Balaban J connectivity index is 1.70. The number of benzene rings is 2. The van der Waals surface area contributed by atoms with Crippen molar-refractivity contribution >= 4 is 38.9 Å². The number of hydrogen-bond acceptors (Lipinski definition) is 4. The quantitative estimate of drug-likeness (QED) is 0.539. The maximum absolute atomic E-state index is 12.9. The molecule has 3 rings (SSSR count). The zero-order valence-electron chi connectivity index (χ0n) is 18.1. The Kier molecular flexibility index (Phi) is 7.10. The molecule has 1 N–H and O–H groups in total. The Morgan fingerprint density at radius 3 is 2.31 bits per heavy atom. The number of nitrogens with zero attached hydrogens (tertiary/aromatic N) is 3. The first-order valence-corrected chi connectivity index (χ1v) is 12.2. The van der Waals surface area contributed by atoms with Crippen molar-refractivity contribution in [1.29, 1.82) is 0 Å². The summed E-state index contributed by atoms with van der Waals surface area (Å²) in [6, 6.07) is 15.6. The van der Waals surface area contributed by atoms with Crippen molar-refractivity contribution in [1.82, 2.24) is 9.36 Å². The zero-order valence-corrected chi connectivity index (χ0v) is 19.7. The number of anilines is 2. The molecule has 8 nitrogen and oxygen atoms in total. The number of aromatic nitrogens is 2. The van der Waals surface area contributed by atoms with Gasteiger partial charge in [-0.3, -0.25) is 18.6 Å². The summed E-state index contributed by atoms with van der Waals surface area (Å²) in [6.45, 7) is 1.87. The molecule has 0 saturated heterocycles. The third-order valence-electron chi connectivity index (χ3n) is 5.10. The molecule has 10 heteroatoms. The summed E-state index contributed by atoms with van der Waals surface area (Å²) >= 11 is 5.88. The number of carbonyl (C=O) groups is 1. The van der Waals surface area contributed by atoms with E-state index in [1.54, 1.807) is 42.9 Å². The maximum atomic E-state index is 12.9. The second-order valence-corrected chi connectivity index (χ2v) is 9.74. The molecule has 3 aromatic rings. The number of sulfonamides is 1. The zero-order chi connectivity index (χ0) is 23.5. The highest BCUT2D eigenvalue weighted by Gasteiger charge is 2.20. The molecule has 1 heterocycles.